The number of nitrogens with zero attached hydrogens (tertiary/aromatic N) is 3. The lowest BCUT2D eigenvalue weighted by molar-refractivity contribution is -0.134. The molecule has 0 unspecified atom stereocenters. The van der Waals surface area contributed by atoms with Gasteiger partial charge in [0.25, 0.3) is 5.91 Å². The van der Waals surface area contributed by atoms with Crippen LogP contribution in [0.2, 0.25) is 0 Å². The van der Waals surface area contributed by atoms with E-state index in [1.807, 2.05) is 35.2 Å². The Kier molecular flexibility index (Phi) is 6.79. The summed E-state index contributed by atoms with van der Waals surface area (Å²) in [6.07, 6.45) is 2.99. The van der Waals surface area contributed by atoms with Gasteiger partial charge in [0.15, 0.2) is 11.5 Å². The number of fused-ring (bicyclic) bond motifs is 1. The van der Waals surface area contributed by atoms with Gasteiger partial charge in [-0.1, -0.05) is 25.1 Å². The minimum absolute atomic E-state index is 0.0599. The van der Waals surface area contributed by atoms with Crippen LogP contribution >= 0.6 is 0 Å². The normalized spacial score (nSPS) is 19.9. The highest BCUT2D eigenvalue weighted by molar-refractivity contribution is 6.06. The molecule has 0 aliphatic carbocycles. The van der Waals surface area contributed by atoms with Crippen LogP contribution in [0.25, 0.3) is 0 Å². The molecule has 3 amide bonds. The molecular formula is C28H35N3O5. The summed E-state index contributed by atoms with van der Waals surface area (Å²) >= 11 is 0. The van der Waals surface area contributed by atoms with Crippen LogP contribution < -0.4 is 14.2 Å². The van der Waals surface area contributed by atoms with E-state index in [4.69, 9.17) is 14.2 Å². The minimum Gasteiger partial charge on any atom is -0.497 e. The monoisotopic (exact) mass is 493 g/mol. The molecule has 192 valence electrons. The molecule has 0 aromatic heterocycles. The molecule has 2 aromatic carbocycles. The molecule has 3 heterocycles. The van der Waals surface area contributed by atoms with Crippen molar-refractivity contribution < 1.29 is 23.8 Å². The average molecular weight is 494 g/mol. The van der Waals surface area contributed by atoms with Crippen molar-refractivity contribution in [1.29, 1.82) is 0 Å². The van der Waals surface area contributed by atoms with E-state index in [2.05, 4.69) is 24.0 Å². The molecule has 8 heteroatoms. The molecule has 3 aliphatic heterocycles. The first-order valence-corrected chi connectivity index (χ1v) is 12.7. The molecule has 5 rings (SSSR count). The lowest BCUT2D eigenvalue weighted by atomic mass is 9.85. The Balaban J connectivity index is 1.19. The molecule has 3 aliphatic rings. The lowest BCUT2D eigenvalue weighted by Gasteiger charge is -2.43. The van der Waals surface area contributed by atoms with Gasteiger partial charge in [0.1, 0.15) is 11.3 Å². The predicted octanol–water partition coefficient (Wildman–Crippen LogP) is 3.57. The zero-order chi connectivity index (χ0) is 25.3. The van der Waals surface area contributed by atoms with Gasteiger partial charge in [0.2, 0.25) is 6.79 Å². The number of likely N-dealkylation sites (N-methyl/N-ethyl adjacent to an activating group) is 1. The summed E-state index contributed by atoms with van der Waals surface area (Å²) in [5.74, 6) is 2.83. The third kappa shape index (κ3) is 4.62. The highest BCUT2D eigenvalue weighted by Gasteiger charge is 2.56. The Bertz CT molecular complexity index is 1110. The van der Waals surface area contributed by atoms with Crippen LogP contribution in [0.5, 0.6) is 17.2 Å². The summed E-state index contributed by atoms with van der Waals surface area (Å²) in [5.41, 5.74) is 1.63. The fourth-order valence-corrected chi connectivity index (χ4v) is 5.79. The Hall–Kier alpha value is -3.26. The number of carbonyl (C=O) groups excluding carboxylic acids is 2. The molecule has 2 saturated heterocycles. The Morgan fingerprint density at radius 2 is 1.69 bits per heavy atom. The topological polar surface area (TPSA) is 71.6 Å². The van der Waals surface area contributed by atoms with E-state index in [-0.39, 0.29) is 18.7 Å². The minimum atomic E-state index is -0.727. The number of ether oxygens (including phenoxy) is 3. The van der Waals surface area contributed by atoms with Crippen molar-refractivity contribution in [3.05, 3.63) is 53.6 Å². The van der Waals surface area contributed by atoms with E-state index < -0.39 is 5.54 Å². The maximum absolute atomic E-state index is 13.3. The first kappa shape index (κ1) is 24.4. The molecule has 0 saturated carbocycles. The van der Waals surface area contributed by atoms with Crippen molar-refractivity contribution in [2.24, 2.45) is 5.92 Å². The van der Waals surface area contributed by atoms with Crippen LogP contribution in [0, 0.1) is 5.92 Å². The Morgan fingerprint density at radius 1 is 1.00 bits per heavy atom. The van der Waals surface area contributed by atoms with E-state index >= 15 is 0 Å². The average Bonchev–Trinajstić information content (AvgIpc) is 3.42. The standard InChI is InChI=1S/C28H35N3O5/c1-20(16-22-6-9-24-25(17-22)36-19-35-24)18-30-14-11-28(12-15-30)26(32)29(2)27(33)31(28)13-10-21-4-7-23(34-3)8-5-21/h4-9,17,20H,10-16,18-19H2,1-3H3/t20-/m0/s1. The van der Waals surface area contributed by atoms with E-state index in [9.17, 15) is 9.59 Å². The van der Waals surface area contributed by atoms with Gasteiger partial charge in [-0.2, -0.15) is 0 Å². The fraction of sp³-hybridized carbons (Fsp3) is 0.500. The second kappa shape index (κ2) is 10.0. The largest absolute Gasteiger partial charge is 0.497 e. The molecule has 8 nitrogen and oxygen atoms in total. The van der Waals surface area contributed by atoms with Crippen molar-refractivity contribution in [1.82, 2.24) is 14.7 Å². The number of imide groups is 1. The van der Waals surface area contributed by atoms with Crippen molar-refractivity contribution in [2.45, 2.75) is 38.1 Å². The molecule has 1 spiro atoms. The van der Waals surface area contributed by atoms with Gasteiger partial charge < -0.3 is 24.0 Å². The third-order valence-electron chi connectivity index (χ3n) is 7.79. The van der Waals surface area contributed by atoms with Crippen LogP contribution in [0.15, 0.2) is 42.5 Å². The van der Waals surface area contributed by atoms with Gasteiger partial charge in [0.05, 0.1) is 7.11 Å². The van der Waals surface area contributed by atoms with Gasteiger partial charge in [-0.3, -0.25) is 9.69 Å². The number of methoxy groups -OCH3 is 1. The first-order chi connectivity index (χ1) is 17.4. The second-order valence-electron chi connectivity index (χ2n) is 10.2. The first-order valence-electron chi connectivity index (χ1n) is 12.7. The van der Waals surface area contributed by atoms with Crippen LogP contribution in [-0.2, 0) is 17.6 Å². The molecule has 0 bridgehead atoms. The number of piperidine rings is 1. The number of hydrogen-bond donors (Lipinski definition) is 0. The summed E-state index contributed by atoms with van der Waals surface area (Å²) in [6.45, 7) is 5.64. The highest BCUT2D eigenvalue weighted by Crippen LogP contribution is 2.37. The van der Waals surface area contributed by atoms with E-state index in [0.29, 0.717) is 31.7 Å². The predicted molar refractivity (Wildman–Crippen MR) is 135 cm³/mol. The molecule has 2 fully saturated rings. The van der Waals surface area contributed by atoms with Crippen LogP contribution in [-0.4, -0.2) is 79.3 Å². The lowest BCUT2D eigenvalue weighted by Crippen LogP contribution is -2.57. The number of urea groups is 1. The highest BCUT2D eigenvalue weighted by atomic mass is 16.7. The number of carbonyl (C=O) groups is 2. The van der Waals surface area contributed by atoms with Crippen molar-refractivity contribution in [3.63, 3.8) is 0 Å². The maximum atomic E-state index is 13.3. The number of rotatable bonds is 8. The number of benzene rings is 2. The molecule has 0 N–H and O–H groups in total. The van der Waals surface area contributed by atoms with Crippen molar-refractivity contribution in [3.8, 4) is 17.2 Å². The number of hydrogen-bond acceptors (Lipinski definition) is 6. The van der Waals surface area contributed by atoms with Crippen LogP contribution in [0.4, 0.5) is 4.79 Å². The summed E-state index contributed by atoms with van der Waals surface area (Å²) in [5, 5.41) is 0. The summed E-state index contributed by atoms with van der Waals surface area (Å²) in [6, 6.07) is 13.9. The van der Waals surface area contributed by atoms with E-state index in [1.54, 1.807) is 14.2 Å². The molecular weight excluding hydrogens is 458 g/mol. The Morgan fingerprint density at radius 3 is 2.42 bits per heavy atom. The van der Waals surface area contributed by atoms with Gasteiger partial charge in [-0.25, -0.2) is 4.79 Å². The molecule has 36 heavy (non-hydrogen) atoms. The second-order valence-corrected chi connectivity index (χ2v) is 10.2. The zero-order valence-corrected chi connectivity index (χ0v) is 21.4. The Labute approximate surface area is 212 Å². The molecule has 0 radical (unpaired) electrons. The zero-order valence-electron chi connectivity index (χ0n) is 21.4. The van der Waals surface area contributed by atoms with Gasteiger partial charge in [-0.05, 0) is 67.0 Å². The quantitative estimate of drug-likeness (QED) is 0.524. The van der Waals surface area contributed by atoms with Crippen molar-refractivity contribution in [2.75, 3.05) is 47.1 Å². The summed E-state index contributed by atoms with van der Waals surface area (Å²) in [7, 11) is 3.26. The van der Waals surface area contributed by atoms with Crippen molar-refractivity contribution >= 4 is 11.9 Å². The smallest absolute Gasteiger partial charge is 0.327 e. The third-order valence-corrected chi connectivity index (χ3v) is 7.79. The van der Waals surface area contributed by atoms with E-state index in [0.717, 1.165) is 48.9 Å². The maximum Gasteiger partial charge on any atom is 0.327 e. The number of amides is 3. The van der Waals surface area contributed by atoms with Gasteiger partial charge >= 0.3 is 6.03 Å². The fourth-order valence-electron chi connectivity index (χ4n) is 5.79. The van der Waals surface area contributed by atoms with Gasteiger partial charge in [-0.15, -0.1) is 0 Å². The number of likely N-dealkylation sites (tertiary alicyclic amines) is 1. The van der Waals surface area contributed by atoms with E-state index in [1.165, 1.54) is 10.5 Å². The summed E-state index contributed by atoms with van der Waals surface area (Å²) in [4.78, 5) is 31.9. The molecule has 1 atom stereocenters. The molecule has 2 aromatic rings. The summed E-state index contributed by atoms with van der Waals surface area (Å²) < 4.78 is 16.2. The van der Waals surface area contributed by atoms with Crippen LogP contribution in [0.3, 0.4) is 0 Å². The van der Waals surface area contributed by atoms with Crippen LogP contribution in [0.1, 0.15) is 30.9 Å². The SMILES string of the molecule is COc1ccc(CCN2C(=O)N(C)C(=O)C23CCN(C[C@@H](C)Cc2ccc4c(c2)OCO4)CC3)cc1. The van der Waals surface area contributed by atoms with Gasteiger partial charge in [0, 0.05) is 33.2 Å².